The standard InChI is InChI=1S/C69H47N3S/c1-42-38-47-22-6-7-23-48(47)41-61(42)56-35-34-46-21-9-13-28-53(46)63(56)43(2)64-60(37-36-57-54-29-14-15-33-62(54)73-66(57)64)69-71-67(58-31-16-25-45-20-8-11-26-51(45)58)70-68(72-69)59-32-17-30-55-52-27-12-10-24-49(52)40-50(65(55)59)39-44-18-4-3-5-19-44/h3-39,41,43H,40H2,1-2H3/b50-39-/t43-/m1/s1. The number of aryl methyl sites for hydroxylation is 1. The van der Waals surface area contributed by atoms with Gasteiger partial charge in [-0.1, -0.05) is 225 Å². The number of hydrogen-bond acceptors (Lipinski definition) is 4. The summed E-state index contributed by atoms with van der Waals surface area (Å²) < 4.78 is 2.50. The molecule has 0 N–H and O–H groups in total. The summed E-state index contributed by atoms with van der Waals surface area (Å²) >= 11 is 1.87. The number of allylic oxidation sites excluding steroid dienone is 1. The number of benzene rings is 11. The monoisotopic (exact) mass is 949 g/mol. The quantitative estimate of drug-likeness (QED) is 0.160. The molecule has 0 amide bonds. The Bertz CT molecular complexity index is 4390. The zero-order valence-electron chi connectivity index (χ0n) is 40.5. The first kappa shape index (κ1) is 43.0. The zero-order valence-corrected chi connectivity index (χ0v) is 41.3. The Kier molecular flexibility index (Phi) is 10.3. The van der Waals surface area contributed by atoms with Crippen LogP contribution in [0.15, 0.2) is 224 Å². The maximum absolute atomic E-state index is 5.73. The molecule has 0 saturated heterocycles. The van der Waals surface area contributed by atoms with Crippen molar-refractivity contribution < 1.29 is 0 Å². The van der Waals surface area contributed by atoms with Gasteiger partial charge in [0, 0.05) is 42.8 Å². The van der Waals surface area contributed by atoms with Gasteiger partial charge in [-0.25, -0.2) is 15.0 Å². The first-order chi connectivity index (χ1) is 36.0. The smallest absolute Gasteiger partial charge is 0.164 e. The molecule has 11 aromatic carbocycles. The van der Waals surface area contributed by atoms with Crippen LogP contribution in [0.3, 0.4) is 0 Å². The van der Waals surface area contributed by atoms with E-state index in [2.05, 4.69) is 244 Å². The molecule has 0 radical (unpaired) electrons. The molecular weight excluding hydrogens is 903 g/mol. The van der Waals surface area contributed by atoms with Gasteiger partial charge in [-0.2, -0.15) is 0 Å². The fourth-order valence-corrected chi connectivity index (χ4v) is 13.1. The van der Waals surface area contributed by atoms with E-state index in [1.165, 1.54) is 91.8 Å². The average Bonchev–Trinajstić information content (AvgIpc) is 3.84. The van der Waals surface area contributed by atoms with Crippen molar-refractivity contribution in [1.29, 1.82) is 0 Å². The lowest BCUT2D eigenvalue weighted by atomic mass is 9.79. The van der Waals surface area contributed by atoms with Crippen molar-refractivity contribution in [3.05, 3.63) is 258 Å². The van der Waals surface area contributed by atoms with Gasteiger partial charge in [0.2, 0.25) is 0 Å². The first-order valence-electron chi connectivity index (χ1n) is 25.2. The molecule has 2 heterocycles. The Balaban J connectivity index is 1.07. The van der Waals surface area contributed by atoms with Crippen LogP contribution in [0.25, 0.3) is 121 Å². The molecule has 0 saturated carbocycles. The second kappa shape index (κ2) is 17.5. The Morgan fingerprint density at radius 3 is 1.81 bits per heavy atom. The summed E-state index contributed by atoms with van der Waals surface area (Å²) in [5, 5.41) is 9.67. The van der Waals surface area contributed by atoms with E-state index in [1.807, 2.05) is 11.3 Å². The summed E-state index contributed by atoms with van der Waals surface area (Å²) in [7, 11) is 0. The highest BCUT2D eigenvalue weighted by molar-refractivity contribution is 7.26. The Labute approximate surface area is 428 Å². The van der Waals surface area contributed by atoms with Crippen molar-refractivity contribution in [3.63, 3.8) is 0 Å². The molecule has 1 aliphatic rings. The molecule has 14 rings (SSSR count). The van der Waals surface area contributed by atoms with Crippen molar-refractivity contribution >= 4 is 75.5 Å². The van der Waals surface area contributed by atoms with Crippen LogP contribution in [0, 0.1) is 6.92 Å². The molecule has 0 spiro atoms. The molecule has 344 valence electrons. The lowest BCUT2D eigenvalue weighted by molar-refractivity contribution is 0.944. The van der Waals surface area contributed by atoms with Gasteiger partial charge >= 0.3 is 0 Å². The van der Waals surface area contributed by atoms with Crippen LogP contribution in [-0.2, 0) is 6.42 Å². The lowest BCUT2D eigenvalue weighted by Crippen LogP contribution is -2.09. The van der Waals surface area contributed by atoms with Crippen LogP contribution < -0.4 is 0 Å². The highest BCUT2D eigenvalue weighted by Crippen LogP contribution is 2.49. The third-order valence-electron chi connectivity index (χ3n) is 15.2. The SMILES string of the molecule is Cc1cc2ccccc2cc1-c1ccc2ccccc2c1[C@@H](C)c1c(-c2nc(-c3cccc4c3/C(=C\c3ccccc3)Cc3ccccc3-4)nc(-c3cccc4ccccc34)n2)ccc2c1sc1ccccc12. The second-order valence-electron chi connectivity index (χ2n) is 19.5. The van der Waals surface area contributed by atoms with E-state index in [0.29, 0.717) is 17.5 Å². The van der Waals surface area contributed by atoms with Gasteiger partial charge in [-0.3, -0.25) is 0 Å². The highest BCUT2D eigenvalue weighted by Gasteiger charge is 2.29. The van der Waals surface area contributed by atoms with E-state index in [0.717, 1.165) is 45.0 Å². The summed E-state index contributed by atoms with van der Waals surface area (Å²) in [5.74, 6) is 1.85. The first-order valence-corrected chi connectivity index (χ1v) is 26.0. The molecule has 1 aliphatic carbocycles. The van der Waals surface area contributed by atoms with Gasteiger partial charge in [0.15, 0.2) is 17.5 Å². The van der Waals surface area contributed by atoms with Crippen molar-refractivity contribution in [3.8, 4) is 56.4 Å². The van der Waals surface area contributed by atoms with E-state index in [4.69, 9.17) is 15.0 Å². The maximum atomic E-state index is 5.73. The van der Waals surface area contributed by atoms with Crippen molar-refractivity contribution in [2.45, 2.75) is 26.2 Å². The summed E-state index contributed by atoms with van der Waals surface area (Å²) in [6.07, 6.45) is 3.14. The molecule has 3 nitrogen and oxygen atoms in total. The van der Waals surface area contributed by atoms with Crippen LogP contribution in [0.2, 0.25) is 0 Å². The van der Waals surface area contributed by atoms with E-state index in [1.54, 1.807) is 0 Å². The second-order valence-corrected chi connectivity index (χ2v) is 20.5. The Hall–Kier alpha value is -8.83. The van der Waals surface area contributed by atoms with Gasteiger partial charge in [-0.15, -0.1) is 11.3 Å². The van der Waals surface area contributed by atoms with Crippen LogP contribution in [0.5, 0.6) is 0 Å². The van der Waals surface area contributed by atoms with Crippen molar-refractivity contribution in [2.75, 3.05) is 0 Å². The minimum absolute atomic E-state index is 0.0960. The minimum atomic E-state index is -0.0960. The van der Waals surface area contributed by atoms with Crippen molar-refractivity contribution in [1.82, 2.24) is 15.0 Å². The van der Waals surface area contributed by atoms with E-state index in [9.17, 15) is 0 Å². The van der Waals surface area contributed by atoms with Crippen LogP contribution >= 0.6 is 11.3 Å². The molecule has 13 aromatic rings. The molecular formula is C69H47N3S. The highest BCUT2D eigenvalue weighted by atomic mass is 32.1. The molecule has 0 bridgehead atoms. The number of nitrogens with zero attached hydrogens (tertiary/aromatic N) is 3. The largest absolute Gasteiger partial charge is 0.208 e. The fraction of sp³-hybridized carbons (Fsp3) is 0.0580. The van der Waals surface area contributed by atoms with Gasteiger partial charge < -0.3 is 0 Å². The van der Waals surface area contributed by atoms with E-state index >= 15 is 0 Å². The van der Waals surface area contributed by atoms with Gasteiger partial charge in [0.1, 0.15) is 0 Å². The third kappa shape index (κ3) is 7.28. The summed E-state index contributed by atoms with van der Waals surface area (Å²) in [6, 6.07) is 81.6. The summed E-state index contributed by atoms with van der Waals surface area (Å²) in [4.78, 5) is 16.9. The molecule has 1 atom stereocenters. The number of fused-ring (bicyclic) bond motifs is 9. The maximum Gasteiger partial charge on any atom is 0.164 e. The number of thiophene rings is 1. The minimum Gasteiger partial charge on any atom is -0.208 e. The van der Waals surface area contributed by atoms with E-state index in [-0.39, 0.29) is 5.92 Å². The molecule has 2 aromatic heterocycles. The lowest BCUT2D eigenvalue weighted by Gasteiger charge is -2.26. The number of hydrogen-bond donors (Lipinski definition) is 0. The molecule has 73 heavy (non-hydrogen) atoms. The van der Waals surface area contributed by atoms with Crippen LogP contribution in [0.4, 0.5) is 0 Å². The predicted molar refractivity (Wildman–Crippen MR) is 309 cm³/mol. The summed E-state index contributed by atoms with van der Waals surface area (Å²) in [6.45, 7) is 4.66. The van der Waals surface area contributed by atoms with E-state index < -0.39 is 0 Å². The predicted octanol–water partition coefficient (Wildman–Crippen LogP) is 18.6. The van der Waals surface area contributed by atoms with Gasteiger partial charge in [-0.05, 0) is 119 Å². The third-order valence-corrected chi connectivity index (χ3v) is 16.4. The average molecular weight is 950 g/mol. The molecule has 4 heteroatoms. The zero-order chi connectivity index (χ0) is 48.6. The topological polar surface area (TPSA) is 38.7 Å². The van der Waals surface area contributed by atoms with Crippen LogP contribution in [-0.4, -0.2) is 15.0 Å². The molecule has 0 unspecified atom stereocenters. The van der Waals surface area contributed by atoms with Gasteiger partial charge in [0.25, 0.3) is 0 Å². The fourth-order valence-electron chi connectivity index (χ4n) is 11.8. The Morgan fingerprint density at radius 2 is 0.986 bits per heavy atom. The van der Waals surface area contributed by atoms with Gasteiger partial charge in [0.05, 0.1) is 0 Å². The molecule has 0 fully saturated rings. The number of aromatic nitrogens is 3. The normalized spacial score (nSPS) is 13.3. The Morgan fingerprint density at radius 1 is 0.411 bits per heavy atom. The number of rotatable bonds is 7. The van der Waals surface area contributed by atoms with Crippen molar-refractivity contribution in [2.24, 2.45) is 0 Å². The van der Waals surface area contributed by atoms with Crippen LogP contribution in [0.1, 0.15) is 46.2 Å². The summed E-state index contributed by atoms with van der Waals surface area (Å²) in [5.41, 5.74) is 16.5. The molecule has 0 aliphatic heterocycles.